The summed E-state index contributed by atoms with van der Waals surface area (Å²) < 4.78 is 0. The van der Waals surface area contributed by atoms with Crippen LogP contribution < -0.4 is 10.2 Å². The van der Waals surface area contributed by atoms with E-state index < -0.39 is 11.2 Å². The molecule has 7 nitrogen and oxygen atoms in total. The summed E-state index contributed by atoms with van der Waals surface area (Å²) in [6.45, 7) is 1.28. The van der Waals surface area contributed by atoms with Gasteiger partial charge in [0.05, 0.1) is 18.2 Å². The first kappa shape index (κ1) is 17.1. The van der Waals surface area contributed by atoms with Crippen molar-refractivity contribution in [1.82, 2.24) is 15.3 Å². The highest BCUT2D eigenvalue weighted by Gasteiger charge is 2.38. The van der Waals surface area contributed by atoms with E-state index in [4.69, 9.17) is 0 Å². The first-order valence-corrected chi connectivity index (χ1v) is 8.71. The van der Waals surface area contributed by atoms with Gasteiger partial charge in [0.1, 0.15) is 11.4 Å². The maximum Gasteiger partial charge on any atom is 0.222 e. The van der Waals surface area contributed by atoms with Gasteiger partial charge in [-0.05, 0) is 19.3 Å². The first-order valence-electron chi connectivity index (χ1n) is 8.71. The van der Waals surface area contributed by atoms with Crippen molar-refractivity contribution in [2.75, 3.05) is 24.5 Å². The van der Waals surface area contributed by atoms with Crippen LogP contribution in [0.2, 0.25) is 0 Å². The number of amides is 1. The van der Waals surface area contributed by atoms with Crippen LogP contribution in [0.4, 0.5) is 5.82 Å². The Morgan fingerprint density at radius 1 is 1.17 bits per heavy atom. The van der Waals surface area contributed by atoms with Gasteiger partial charge < -0.3 is 20.4 Å². The van der Waals surface area contributed by atoms with Crippen LogP contribution in [0.5, 0.6) is 0 Å². The van der Waals surface area contributed by atoms with Crippen molar-refractivity contribution >= 4 is 11.7 Å². The van der Waals surface area contributed by atoms with Gasteiger partial charge in [0.25, 0.3) is 0 Å². The van der Waals surface area contributed by atoms with E-state index in [2.05, 4.69) is 15.3 Å². The third kappa shape index (κ3) is 4.21. The van der Waals surface area contributed by atoms with E-state index in [9.17, 15) is 15.0 Å². The lowest BCUT2D eigenvalue weighted by Crippen LogP contribution is -2.47. The number of nitrogens with zero attached hydrogens (tertiary/aromatic N) is 3. The van der Waals surface area contributed by atoms with E-state index in [-0.39, 0.29) is 18.9 Å². The summed E-state index contributed by atoms with van der Waals surface area (Å²) in [5, 5.41) is 23.9. The zero-order chi connectivity index (χ0) is 17.0. The third-order valence-corrected chi connectivity index (χ3v) is 5.09. The normalized spacial score (nSPS) is 26.3. The van der Waals surface area contributed by atoms with Crippen molar-refractivity contribution < 1.29 is 15.0 Å². The Bertz CT molecular complexity index is 562. The summed E-state index contributed by atoms with van der Waals surface area (Å²) in [5.74, 6) is 0.544. The second kappa shape index (κ2) is 7.03. The molecule has 24 heavy (non-hydrogen) atoms. The lowest BCUT2D eigenvalue weighted by atomic mass is 9.82. The number of hydrogen-bond acceptors (Lipinski definition) is 6. The number of aromatic nitrogens is 2. The van der Waals surface area contributed by atoms with E-state index >= 15 is 0 Å². The molecule has 1 aliphatic carbocycles. The molecule has 2 aliphatic rings. The molecular formula is C17H26N4O3. The number of carbonyl (C=O) groups excluding carboxylic acids is 1. The van der Waals surface area contributed by atoms with Gasteiger partial charge in [0.15, 0.2) is 0 Å². The molecule has 1 aromatic heterocycles. The lowest BCUT2D eigenvalue weighted by molar-refractivity contribution is -0.128. The summed E-state index contributed by atoms with van der Waals surface area (Å²) in [4.78, 5) is 22.4. The molecule has 132 valence electrons. The van der Waals surface area contributed by atoms with Crippen LogP contribution >= 0.6 is 0 Å². The van der Waals surface area contributed by atoms with Gasteiger partial charge in [-0.15, -0.1) is 0 Å². The fourth-order valence-electron chi connectivity index (χ4n) is 3.66. The fraction of sp³-hybridized carbons (Fsp3) is 0.706. The van der Waals surface area contributed by atoms with Crippen LogP contribution in [-0.4, -0.2) is 56.9 Å². The van der Waals surface area contributed by atoms with Gasteiger partial charge in [-0.3, -0.25) is 9.78 Å². The Morgan fingerprint density at radius 2 is 1.96 bits per heavy atom. The SMILES string of the molecule is O=C(CC1(O)CCCCC1)NC[C@]1(O)CCN(c2cnccn2)C1. The fourth-order valence-corrected chi connectivity index (χ4v) is 3.66. The maximum absolute atomic E-state index is 12.1. The minimum absolute atomic E-state index is 0.122. The molecule has 3 N–H and O–H groups in total. The van der Waals surface area contributed by atoms with Gasteiger partial charge in [-0.25, -0.2) is 4.98 Å². The molecule has 0 spiro atoms. The number of anilines is 1. The molecule has 1 aromatic rings. The summed E-state index contributed by atoms with van der Waals surface area (Å²) in [6, 6.07) is 0. The van der Waals surface area contributed by atoms with Crippen molar-refractivity contribution in [3.05, 3.63) is 18.6 Å². The molecule has 1 saturated carbocycles. The highest BCUT2D eigenvalue weighted by Crippen LogP contribution is 2.31. The van der Waals surface area contributed by atoms with E-state index in [0.717, 1.165) is 25.1 Å². The number of hydrogen-bond donors (Lipinski definition) is 3. The van der Waals surface area contributed by atoms with Gasteiger partial charge in [-0.2, -0.15) is 0 Å². The minimum atomic E-state index is -0.970. The predicted molar refractivity (Wildman–Crippen MR) is 89.5 cm³/mol. The number of nitrogens with one attached hydrogen (secondary N) is 1. The molecular weight excluding hydrogens is 308 g/mol. The first-order chi connectivity index (χ1) is 11.5. The monoisotopic (exact) mass is 334 g/mol. The Morgan fingerprint density at radius 3 is 2.67 bits per heavy atom. The molecule has 0 radical (unpaired) electrons. The molecule has 1 atom stereocenters. The molecule has 7 heteroatoms. The summed E-state index contributed by atoms with van der Waals surface area (Å²) in [7, 11) is 0. The Kier molecular flexibility index (Phi) is 5.01. The highest BCUT2D eigenvalue weighted by molar-refractivity contribution is 5.77. The van der Waals surface area contributed by atoms with Crippen LogP contribution in [0.1, 0.15) is 44.9 Å². The predicted octanol–water partition coefficient (Wildman–Crippen LogP) is 0.619. The molecule has 2 heterocycles. The second-order valence-electron chi connectivity index (χ2n) is 7.20. The number of aliphatic hydroxyl groups is 2. The number of β-amino-alcohol motifs (C(OH)–C–C–N with tert-alkyl or cyclic N) is 1. The summed E-state index contributed by atoms with van der Waals surface area (Å²) in [6.07, 6.45) is 10.0. The van der Waals surface area contributed by atoms with Gasteiger partial charge >= 0.3 is 0 Å². The molecule has 1 aliphatic heterocycles. The second-order valence-corrected chi connectivity index (χ2v) is 7.20. The Hall–Kier alpha value is -1.73. The molecule has 1 saturated heterocycles. The number of rotatable bonds is 5. The highest BCUT2D eigenvalue weighted by atomic mass is 16.3. The average Bonchev–Trinajstić information content (AvgIpc) is 2.97. The van der Waals surface area contributed by atoms with E-state index in [1.165, 1.54) is 0 Å². The quantitative estimate of drug-likeness (QED) is 0.730. The van der Waals surface area contributed by atoms with E-state index in [1.54, 1.807) is 18.6 Å². The number of carbonyl (C=O) groups is 1. The average molecular weight is 334 g/mol. The molecule has 3 rings (SSSR count). The molecule has 2 fully saturated rings. The molecule has 0 bridgehead atoms. The van der Waals surface area contributed by atoms with Crippen molar-refractivity contribution in [3.63, 3.8) is 0 Å². The van der Waals surface area contributed by atoms with Crippen LogP contribution in [0.25, 0.3) is 0 Å². The largest absolute Gasteiger partial charge is 0.389 e. The van der Waals surface area contributed by atoms with Gasteiger partial charge in [0, 0.05) is 32.0 Å². The van der Waals surface area contributed by atoms with Crippen molar-refractivity contribution in [1.29, 1.82) is 0 Å². The van der Waals surface area contributed by atoms with Gasteiger partial charge in [0.2, 0.25) is 5.91 Å². The van der Waals surface area contributed by atoms with Crippen LogP contribution in [0.3, 0.4) is 0 Å². The van der Waals surface area contributed by atoms with Crippen LogP contribution in [0, 0.1) is 0 Å². The zero-order valence-corrected chi connectivity index (χ0v) is 13.9. The van der Waals surface area contributed by atoms with Crippen LogP contribution in [0.15, 0.2) is 18.6 Å². The van der Waals surface area contributed by atoms with Crippen molar-refractivity contribution in [2.24, 2.45) is 0 Å². The third-order valence-electron chi connectivity index (χ3n) is 5.09. The lowest BCUT2D eigenvalue weighted by Gasteiger charge is -2.32. The smallest absolute Gasteiger partial charge is 0.222 e. The van der Waals surface area contributed by atoms with Crippen molar-refractivity contribution in [2.45, 2.75) is 56.1 Å². The summed E-state index contributed by atoms with van der Waals surface area (Å²) in [5.41, 5.74) is -1.84. The van der Waals surface area contributed by atoms with Crippen LogP contribution in [-0.2, 0) is 4.79 Å². The van der Waals surface area contributed by atoms with Gasteiger partial charge in [-0.1, -0.05) is 19.3 Å². The maximum atomic E-state index is 12.1. The standard InChI is InChI=1S/C17H26N4O3/c22-15(10-16(23)4-2-1-3-5-16)20-12-17(24)6-9-21(13-17)14-11-18-7-8-19-14/h7-8,11,23-24H,1-6,9-10,12-13H2,(H,20,22)/t17-/m1/s1. The topological polar surface area (TPSA) is 98.6 Å². The van der Waals surface area contributed by atoms with E-state index in [0.29, 0.717) is 32.4 Å². The Labute approximate surface area is 142 Å². The Balaban J connectivity index is 1.48. The van der Waals surface area contributed by atoms with E-state index in [1.807, 2.05) is 4.90 Å². The molecule has 0 aromatic carbocycles. The minimum Gasteiger partial charge on any atom is -0.389 e. The molecule has 1 amide bonds. The van der Waals surface area contributed by atoms with Crippen molar-refractivity contribution in [3.8, 4) is 0 Å². The zero-order valence-electron chi connectivity index (χ0n) is 13.9. The molecule has 0 unspecified atom stereocenters. The summed E-state index contributed by atoms with van der Waals surface area (Å²) >= 11 is 0.